The van der Waals surface area contributed by atoms with Crippen LogP contribution in [0.3, 0.4) is 0 Å². The Morgan fingerprint density at radius 3 is 2.40 bits per heavy atom. The zero-order valence-electron chi connectivity index (χ0n) is 13.9. The summed E-state index contributed by atoms with van der Waals surface area (Å²) >= 11 is 0. The molecule has 0 bridgehead atoms. The highest BCUT2D eigenvalue weighted by Crippen LogP contribution is 2.14. The maximum atomic E-state index is 12.2. The Hall–Kier alpha value is -1.35. The number of likely N-dealkylation sites (N-methyl/N-ethyl adjacent to an activating group) is 1. The highest BCUT2D eigenvalue weighted by Gasteiger charge is 2.22. The summed E-state index contributed by atoms with van der Waals surface area (Å²) in [5.41, 5.74) is 3.63. The molecule has 0 aliphatic carbocycles. The van der Waals surface area contributed by atoms with Crippen molar-refractivity contribution >= 4 is 5.91 Å². The molecule has 1 amide bonds. The van der Waals surface area contributed by atoms with E-state index in [1.165, 1.54) is 16.7 Å². The zero-order valence-corrected chi connectivity index (χ0v) is 13.9. The maximum absolute atomic E-state index is 12.2. The van der Waals surface area contributed by atoms with Gasteiger partial charge in [-0.05, 0) is 59.7 Å². The van der Waals surface area contributed by atoms with Gasteiger partial charge in [0, 0.05) is 12.1 Å². The van der Waals surface area contributed by atoms with Crippen molar-refractivity contribution in [1.82, 2.24) is 10.2 Å². The predicted molar refractivity (Wildman–Crippen MR) is 84.7 cm³/mol. The average molecular weight is 276 g/mol. The van der Waals surface area contributed by atoms with Gasteiger partial charge < -0.3 is 5.32 Å². The van der Waals surface area contributed by atoms with Crippen LogP contribution in [0, 0.1) is 13.8 Å². The number of hydrogen-bond donors (Lipinski definition) is 1. The number of carbonyl (C=O) groups is 1. The molecular formula is C17H28N2O. The lowest BCUT2D eigenvalue weighted by atomic mass is 10.0. The van der Waals surface area contributed by atoms with Gasteiger partial charge in [0.15, 0.2) is 0 Å². The summed E-state index contributed by atoms with van der Waals surface area (Å²) in [4.78, 5) is 14.3. The van der Waals surface area contributed by atoms with E-state index in [1.807, 2.05) is 34.7 Å². The van der Waals surface area contributed by atoms with Crippen LogP contribution in [0.25, 0.3) is 0 Å². The molecule has 20 heavy (non-hydrogen) atoms. The van der Waals surface area contributed by atoms with Crippen LogP contribution in [-0.4, -0.2) is 29.4 Å². The molecule has 1 aromatic carbocycles. The molecule has 0 radical (unpaired) electrons. The smallest absolute Gasteiger partial charge is 0.237 e. The van der Waals surface area contributed by atoms with Crippen LogP contribution >= 0.6 is 0 Å². The number of nitrogens with one attached hydrogen (secondary N) is 1. The molecule has 0 saturated heterocycles. The normalized spacial score (nSPS) is 13.4. The van der Waals surface area contributed by atoms with Gasteiger partial charge in [0.05, 0.1) is 6.04 Å². The Labute approximate surface area is 123 Å². The average Bonchev–Trinajstić information content (AvgIpc) is 2.29. The lowest BCUT2D eigenvalue weighted by molar-refractivity contribution is -0.127. The molecule has 0 saturated carbocycles. The SMILES string of the molecule is Cc1ccc(CN(C)C(C)C(=O)NC(C)(C)C)c(C)c1. The molecule has 112 valence electrons. The first-order valence-electron chi connectivity index (χ1n) is 7.18. The van der Waals surface area contributed by atoms with Crippen molar-refractivity contribution in [3.63, 3.8) is 0 Å². The van der Waals surface area contributed by atoms with Crippen molar-refractivity contribution in [3.8, 4) is 0 Å². The van der Waals surface area contributed by atoms with Gasteiger partial charge in [-0.2, -0.15) is 0 Å². The standard InChI is InChI=1S/C17H28N2O/c1-12-8-9-15(13(2)10-12)11-19(7)14(3)16(20)18-17(4,5)6/h8-10,14H,11H2,1-7H3,(H,18,20). The molecular weight excluding hydrogens is 248 g/mol. The molecule has 1 aromatic rings. The fraction of sp³-hybridized carbons (Fsp3) is 0.588. The molecule has 0 aliphatic heterocycles. The zero-order chi connectivity index (χ0) is 15.5. The van der Waals surface area contributed by atoms with Crippen LogP contribution in [-0.2, 0) is 11.3 Å². The molecule has 1 N–H and O–H groups in total. The highest BCUT2D eigenvalue weighted by molar-refractivity contribution is 5.81. The van der Waals surface area contributed by atoms with E-state index in [0.29, 0.717) is 0 Å². The number of rotatable bonds is 4. The quantitative estimate of drug-likeness (QED) is 0.916. The second-order valence-corrected chi connectivity index (χ2v) is 6.76. The summed E-state index contributed by atoms with van der Waals surface area (Å²) in [5.74, 6) is 0.0739. The van der Waals surface area contributed by atoms with Crippen molar-refractivity contribution < 1.29 is 4.79 Å². The first kappa shape index (κ1) is 16.7. The predicted octanol–water partition coefficient (Wildman–Crippen LogP) is 3.04. The lowest BCUT2D eigenvalue weighted by Gasteiger charge is -2.28. The summed E-state index contributed by atoms with van der Waals surface area (Å²) in [5, 5.41) is 3.03. The summed E-state index contributed by atoms with van der Waals surface area (Å²) < 4.78 is 0. The summed E-state index contributed by atoms with van der Waals surface area (Å²) in [7, 11) is 1.99. The van der Waals surface area contributed by atoms with Gasteiger partial charge in [0.25, 0.3) is 0 Å². The van der Waals surface area contributed by atoms with Crippen molar-refractivity contribution in [1.29, 1.82) is 0 Å². The van der Waals surface area contributed by atoms with Gasteiger partial charge in [-0.3, -0.25) is 9.69 Å². The van der Waals surface area contributed by atoms with E-state index in [9.17, 15) is 4.79 Å². The van der Waals surface area contributed by atoms with E-state index in [0.717, 1.165) is 6.54 Å². The number of amides is 1. The molecule has 0 fully saturated rings. The van der Waals surface area contributed by atoms with Crippen LogP contribution in [0.5, 0.6) is 0 Å². The summed E-state index contributed by atoms with van der Waals surface area (Å²) in [6.07, 6.45) is 0. The summed E-state index contributed by atoms with van der Waals surface area (Å²) in [6, 6.07) is 6.31. The van der Waals surface area contributed by atoms with Gasteiger partial charge in [-0.15, -0.1) is 0 Å². The minimum Gasteiger partial charge on any atom is -0.350 e. The van der Waals surface area contributed by atoms with Gasteiger partial charge in [0.1, 0.15) is 0 Å². The fourth-order valence-corrected chi connectivity index (χ4v) is 2.10. The molecule has 0 aromatic heterocycles. The van der Waals surface area contributed by atoms with Crippen molar-refractivity contribution in [3.05, 3.63) is 34.9 Å². The number of aryl methyl sites for hydroxylation is 2. The monoisotopic (exact) mass is 276 g/mol. The van der Waals surface area contributed by atoms with Crippen molar-refractivity contribution in [2.75, 3.05) is 7.05 Å². The second-order valence-electron chi connectivity index (χ2n) is 6.76. The largest absolute Gasteiger partial charge is 0.350 e. The number of hydrogen-bond acceptors (Lipinski definition) is 2. The van der Waals surface area contributed by atoms with Crippen molar-refractivity contribution in [2.24, 2.45) is 0 Å². The number of nitrogens with zero attached hydrogens (tertiary/aromatic N) is 1. The minimum absolute atomic E-state index is 0.0739. The molecule has 1 atom stereocenters. The molecule has 0 heterocycles. The Morgan fingerprint density at radius 2 is 1.90 bits per heavy atom. The van der Waals surface area contributed by atoms with E-state index in [-0.39, 0.29) is 17.5 Å². The molecule has 0 aliphatic rings. The van der Waals surface area contributed by atoms with Crippen LogP contribution in [0.2, 0.25) is 0 Å². The van der Waals surface area contributed by atoms with Gasteiger partial charge >= 0.3 is 0 Å². The van der Waals surface area contributed by atoms with E-state index < -0.39 is 0 Å². The Kier molecular flexibility index (Phi) is 5.35. The van der Waals surface area contributed by atoms with Crippen molar-refractivity contribution in [2.45, 2.75) is 59.7 Å². The van der Waals surface area contributed by atoms with E-state index in [2.05, 4.69) is 42.3 Å². The maximum Gasteiger partial charge on any atom is 0.237 e. The Morgan fingerprint density at radius 1 is 1.30 bits per heavy atom. The third-order valence-electron chi connectivity index (χ3n) is 3.46. The summed E-state index contributed by atoms with van der Waals surface area (Å²) in [6.45, 7) is 13.0. The molecule has 3 heteroatoms. The molecule has 1 unspecified atom stereocenters. The first-order chi connectivity index (χ1) is 9.10. The van der Waals surface area contributed by atoms with Crippen LogP contribution in [0.15, 0.2) is 18.2 Å². The highest BCUT2D eigenvalue weighted by atomic mass is 16.2. The molecule has 1 rings (SSSR count). The fourth-order valence-electron chi connectivity index (χ4n) is 2.10. The van der Waals surface area contributed by atoms with E-state index in [1.54, 1.807) is 0 Å². The minimum atomic E-state index is -0.189. The number of carbonyl (C=O) groups excluding carboxylic acids is 1. The first-order valence-corrected chi connectivity index (χ1v) is 7.18. The van der Waals surface area contributed by atoms with E-state index in [4.69, 9.17) is 0 Å². The Bertz CT molecular complexity index is 474. The lowest BCUT2D eigenvalue weighted by Crippen LogP contribution is -2.49. The van der Waals surface area contributed by atoms with Gasteiger partial charge in [0.2, 0.25) is 5.91 Å². The van der Waals surface area contributed by atoms with Gasteiger partial charge in [-0.25, -0.2) is 0 Å². The van der Waals surface area contributed by atoms with Gasteiger partial charge in [-0.1, -0.05) is 23.8 Å². The second kappa shape index (κ2) is 6.40. The van der Waals surface area contributed by atoms with Crippen LogP contribution < -0.4 is 5.32 Å². The molecule has 3 nitrogen and oxygen atoms in total. The third kappa shape index (κ3) is 4.97. The topological polar surface area (TPSA) is 32.3 Å². The Balaban J connectivity index is 2.70. The number of benzene rings is 1. The molecule has 0 spiro atoms. The van der Waals surface area contributed by atoms with Crippen LogP contribution in [0.1, 0.15) is 44.4 Å². The van der Waals surface area contributed by atoms with Crippen LogP contribution in [0.4, 0.5) is 0 Å². The van der Waals surface area contributed by atoms with E-state index >= 15 is 0 Å². The third-order valence-corrected chi connectivity index (χ3v) is 3.46.